The normalized spacial score (nSPS) is 28.4. The topological polar surface area (TPSA) is 231 Å². The molecule has 1 fully saturated rings. The van der Waals surface area contributed by atoms with Crippen LogP contribution in [0.3, 0.4) is 0 Å². The van der Waals surface area contributed by atoms with Gasteiger partial charge in [0.15, 0.2) is 36.6 Å². The number of amides is 1. The van der Waals surface area contributed by atoms with Gasteiger partial charge in [-0.25, -0.2) is 4.79 Å². The standard InChI is InChI=1S/C23H27N3O14/c1-9(28)35-13-7-12(8-27)38-22(15(13)36-10(2)29)40-18(20(24)32)17-16(34-4)19(37-11(3)30)21(39-17)26-6-5-14(31)25-23(26)33/h5-8,13,15-19,21-22H,1-4H3,(H2,24,32)(H,25,31,33)/t13-,15-,16+,17-,18+,19+,21+,22+/m0/s1. The van der Waals surface area contributed by atoms with Gasteiger partial charge in [0.25, 0.3) is 5.56 Å². The number of nitrogens with zero attached hydrogens (tertiary/aromatic N) is 1. The van der Waals surface area contributed by atoms with Crippen molar-refractivity contribution in [2.24, 2.45) is 5.73 Å². The minimum Gasteiger partial charge on any atom is -0.457 e. The number of carbonyl (C=O) groups is 5. The summed E-state index contributed by atoms with van der Waals surface area (Å²) in [6.45, 7) is 3.20. The fourth-order valence-corrected chi connectivity index (χ4v) is 4.23. The molecule has 0 aromatic carbocycles. The van der Waals surface area contributed by atoms with Crippen molar-refractivity contribution in [3.05, 3.63) is 44.9 Å². The summed E-state index contributed by atoms with van der Waals surface area (Å²) in [5.74, 6) is -4.00. The third-order valence-corrected chi connectivity index (χ3v) is 5.68. The van der Waals surface area contributed by atoms with Crippen LogP contribution < -0.4 is 17.0 Å². The molecule has 0 saturated carbocycles. The Hall–Kier alpha value is -4.35. The number of aromatic amines is 1. The Morgan fingerprint density at radius 2 is 1.65 bits per heavy atom. The quantitative estimate of drug-likeness (QED) is 0.169. The third-order valence-electron chi connectivity index (χ3n) is 5.68. The molecule has 0 aliphatic carbocycles. The Morgan fingerprint density at radius 3 is 2.17 bits per heavy atom. The molecule has 1 aromatic heterocycles. The van der Waals surface area contributed by atoms with E-state index in [-0.39, 0.29) is 12.0 Å². The molecule has 1 saturated heterocycles. The van der Waals surface area contributed by atoms with Crippen molar-refractivity contribution in [1.29, 1.82) is 0 Å². The number of esters is 3. The van der Waals surface area contributed by atoms with Crippen molar-refractivity contribution in [3.8, 4) is 0 Å². The maximum atomic E-state index is 12.6. The molecule has 1 aromatic rings. The highest BCUT2D eigenvalue weighted by molar-refractivity contribution is 5.80. The molecule has 3 N–H and O–H groups in total. The number of allylic oxidation sites excluding steroid dienone is 1. The van der Waals surface area contributed by atoms with E-state index in [2.05, 4.69) is 0 Å². The average Bonchev–Trinajstić information content (AvgIpc) is 3.19. The predicted molar refractivity (Wildman–Crippen MR) is 126 cm³/mol. The first-order valence-electron chi connectivity index (χ1n) is 11.7. The van der Waals surface area contributed by atoms with E-state index in [1.54, 1.807) is 0 Å². The number of H-pyrrole nitrogens is 1. The van der Waals surface area contributed by atoms with Crippen LogP contribution in [-0.4, -0.2) is 89.7 Å². The summed E-state index contributed by atoms with van der Waals surface area (Å²) in [4.78, 5) is 85.6. The minimum atomic E-state index is -1.82. The Bertz CT molecular complexity index is 1300. The Morgan fingerprint density at radius 1 is 1.02 bits per heavy atom. The largest absolute Gasteiger partial charge is 0.457 e. The zero-order valence-electron chi connectivity index (χ0n) is 21.7. The minimum absolute atomic E-state index is 0.259. The van der Waals surface area contributed by atoms with Gasteiger partial charge in [-0.15, -0.1) is 0 Å². The lowest BCUT2D eigenvalue weighted by Crippen LogP contribution is -2.55. The zero-order chi connectivity index (χ0) is 29.7. The molecule has 1 amide bonds. The maximum absolute atomic E-state index is 12.6. The van der Waals surface area contributed by atoms with Gasteiger partial charge in [0.05, 0.1) is 0 Å². The highest BCUT2D eigenvalue weighted by atomic mass is 16.7. The molecule has 2 aliphatic heterocycles. The molecule has 3 heterocycles. The van der Waals surface area contributed by atoms with Crippen molar-refractivity contribution in [2.45, 2.75) is 69.9 Å². The molecule has 0 unspecified atom stereocenters. The van der Waals surface area contributed by atoms with Crippen molar-refractivity contribution in [1.82, 2.24) is 9.55 Å². The molecular weight excluding hydrogens is 542 g/mol. The first-order chi connectivity index (χ1) is 18.9. The van der Waals surface area contributed by atoms with Gasteiger partial charge in [0.2, 0.25) is 18.3 Å². The van der Waals surface area contributed by atoms with Gasteiger partial charge < -0.3 is 38.9 Å². The molecule has 0 spiro atoms. The third kappa shape index (κ3) is 6.80. The molecule has 40 heavy (non-hydrogen) atoms. The van der Waals surface area contributed by atoms with Gasteiger partial charge in [-0.3, -0.25) is 38.3 Å². The number of rotatable bonds is 10. The molecule has 218 valence electrons. The molecule has 17 nitrogen and oxygen atoms in total. The van der Waals surface area contributed by atoms with Crippen molar-refractivity contribution in [2.75, 3.05) is 7.11 Å². The summed E-state index contributed by atoms with van der Waals surface area (Å²) in [6, 6.07) is 1.01. The first-order valence-corrected chi connectivity index (χ1v) is 11.7. The summed E-state index contributed by atoms with van der Waals surface area (Å²) in [5.41, 5.74) is 3.96. The van der Waals surface area contributed by atoms with Gasteiger partial charge in [0.1, 0.15) is 12.2 Å². The second-order valence-electron chi connectivity index (χ2n) is 8.56. The van der Waals surface area contributed by atoms with Crippen molar-refractivity contribution in [3.63, 3.8) is 0 Å². The van der Waals surface area contributed by atoms with E-state index >= 15 is 0 Å². The van der Waals surface area contributed by atoms with Crippen LogP contribution in [0.2, 0.25) is 0 Å². The summed E-state index contributed by atoms with van der Waals surface area (Å²) in [7, 11) is 1.19. The predicted octanol–water partition coefficient (Wildman–Crippen LogP) is -2.45. The number of hydrogen-bond donors (Lipinski definition) is 2. The number of carbonyl (C=O) groups excluding carboxylic acids is 5. The van der Waals surface area contributed by atoms with Crippen LogP contribution in [0.4, 0.5) is 0 Å². The molecule has 17 heteroatoms. The molecule has 0 bridgehead atoms. The molecule has 8 atom stereocenters. The maximum Gasteiger partial charge on any atom is 0.330 e. The fraction of sp³-hybridized carbons (Fsp3) is 0.522. The SMILES string of the molecule is CO[C@H]1[C@@H](OC(C)=O)[C@H](n2ccc(=O)[nH]c2=O)O[C@@H]1[C@@H](O[C@H]1OC(C=O)=C[C@H](OC(C)=O)[C@@H]1OC(C)=O)C(N)=O. The number of aldehydes is 1. The number of ether oxygens (including phenoxy) is 7. The molecule has 3 rings (SSSR count). The Balaban J connectivity index is 2.03. The van der Waals surface area contributed by atoms with E-state index in [4.69, 9.17) is 38.9 Å². The van der Waals surface area contributed by atoms with Gasteiger partial charge in [-0.2, -0.15) is 0 Å². The number of aromatic nitrogens is 2. The van der Waals surface area contributed by atoms with Crippen LogP contribution in [0.1, 0.15) is 27.0 Å². The van der Waals surface area contributed by atoms with Crippen LogP contribution in [0.25, 0.3) is 0 Å². The molecular formula is C23H27N3O14. The van der Waals surface area contributed by atoms with Crippen LogP contribution in [0, 0.1) is 0 Å². The highest BCUT2D eigenvalue weighted by Gasteiger charge is 2.55. The summed E-state index contributed by atoms with van der Waals surface area (Å²) in [5, 5.41) is 0. The second kappa shape index (κ2) is 12.7. The van der Waals surface area contributed by atoms with Crippen LogP contribution in [-0.2, 0) is 57.1 Å². The number of nitrogens with one attached hydrogen (secondary N) is 1. The first kappa shape index (κ1) is 30.2. The van der Waals surface area contributed by atoms with E-state index in [0.29, 0.717) is 0 Å². The monoisotopic (exact) mass is 569 g/mol. The van der Waals surface area contributed by atoms with E-state index in [9.17, 15) is 33.6 Å². The van der Waals surface area contributed by atoms with E-state index in [1.807, 2.05) is 4.98 Å². The van der Waals surface area contributed by atoms with E-state index in [1.165, 1.54) is 7.11 Å². The smallest absolute Gasteiger partial charge is 0.330 e. The van der Waals surface area contributed by atoms with Crippen LogP contribution in [0.15, 0.2) is 33.7 Å². The number of primary amides is 1. The van der Waals surface area contributed by atoms with Crippen LogP contribution >= 0.6 is 0 Å². The Labute approximate surface area is 225 Å². The van der Waals surface area contributed by atoms with E-state index < -0.39 is 84.2 Å². The van der Waals surface area contributed by atoms with E-state index in [0.717, 1.165) is 43.7 Å². The highest BCUT2D eigenvalue weighted by Crippen LogP contribution is 2.36. The number of methoxy groups -OCH3 is 1. The van der Waals surface area contributed by atoms with Crippen molar-refractivity contribution < 1.29 is 57.1 Å². The second-order valence-corrected chi connectivity index (χ2v) is 8.56. The lowest BCUT2D eigenvalue weighted by Gasteiger charge is -2.37. The summed E-state index contributed by atoms with van der Waals surface area (Å²) in [6.07, 6.45) is -9.66. The Kier molecular flexibility index (Phi) is 9.56. The lowest BCUT2D eigenvalue weighted by atomic mass is 10.0. The van der Waals surface area contributed by atoms with Gasteiger partial charge >= 0.3 is 23.6 Å². The van der Waals surface area contributed by atoms with Crippen molar-refractivity contribution >= 4 is 30.1 Å². The zero-order valence-corrected chi connectivity index (χ0v) is 21.7. The molecule has 2 aliphatic rings. The van der Waals surface area contributed by atoms with Gasteiger partial charge in [-0.1, -0.05) is 0 Å². The lowest BCUT2D eigenvalue weighted by molar-refractivity contribution is -0.249. The summed E-state index contributed by atoms with van der Waals surface area (Å²) < 4.78 is 39.1. The summed E-state index contributed by atoms with van der Waals surface area (Å²) >= 11 is 0. The molecule has 0 radical (unpaired) electrons. The number of nitrogens with two attached hydrogens (primary N) is 1. The van der Waals surface area contributed by atoms with Gasteiger partial charge in [0, 0.05) is 46.2 Å². The number of hydrogen-bond acceptors (Lipinski definition) is 14. The fourth-order valence-electron chi connectivity index (χ4n) is 4.23. The average molecular weight is 569 g/mol. The van der Waals surface area contributed by atoms with Gasteiger partial charge in [-0.05, 0) is 0 Å². The van der Waals surface area contributed by atoms with Crippen LogP contribution in [0.5, 0.6) is 0 Å².